The van der Waals surface area contributed by atoms with Crippen LogP contribution in [-0.4, -0.2) is 38.7 Å². The normalized spacial score (nSPS) is 11.8. The predicted octanol–water partition coefficient (Wildman–Crippen LogP) is 1.16. The number of carbonyl (C=O) groups is 2. The van der Waals surface area contributed by atoms with Gasteiger partial charge in [0.2, 0.25) is 0 Å². The average Bonchev–Trinajstić information content (AvgIpc) is 2.33. The summed E-state index contributed by atoms with van der Waals surface area (Å²) in [6, 6.07) is 5.71. The predicted molar refractivity (Wildman–Crippen MR) is 77.7 cm³/mol. The number of ether oxygens (including phenoxy) is 1. The molecule has 0 aliphatic rings. The van der Waals surface area contributed by atoms with E-state index in [4.69, 9.17) is 4.74 Å². The zero-order valence-electron chi connectivity index (χ0n) is 12.5. The van der Waals surface area contributed by atoms with Gasteiger partial charge in [-0.15, -0.1) is 0 Å². The number of nitrogens with one attached hydrogen (secondary N) is 1. The molecule has 0 aromatic heterocycles. The molecule has 0 bridgehead atoms. The Hall–Kier alpha value is -1.89. The summed E-state index contributed by atoms with van der Waals surface area (Å²) in [6.07, 6.45) is 1.01. The summed E-state index contributed by atoms with van der Waals surface area (Å²) in [5, 5.41) is 2.64. The van der Waals surface area contributed by atoms with Gasteiger partial charge in [0.25, 0.3) is 5.91 Å². The van der Waals surface area contributed by atoms with Gasteiger partial charge >= 0.3 is 5.97 Å². The maximum atomic E-state index is 11.9. The molecule has 0 saturated carbocycles. The second kappa shape index (κ2) is 6.26. The summed E-state index contributed by atoms with van der Waals surface area (Å²) in [6.45, 7) is 4.93. The van der Waals surface area contributed by atoms with Gasteiger partial charge in [-0.05, 0) is 32.9 Å². The van der Waals surface area contributed by atoms with Crippen LogP contribution in [0.2, 0.25) is 0 Å². The fraction of sp³-hybridized carbons (Fsp3) is 0.429. The average molecular weight is 313 g/mol. The van der Waals surface area contributed by atoms with Crippen LogP contribution in [-0.2, 0) is 19.4 Å². The lowest BCUT2D eigenvalue weighted by Crippen LogP contribution is -2.42. The molecule has 7 heteroatoms. The van der Waals surface area contributed by atoms with Crippen LogP contribution >= 0.6 is 0 Å². The van der Waals surface area contributed by atoms with E-state index in [9.17, 15) is 18.0 Å². The Morgan fingerprint density at radius 3 is 2.29 bits per heavy atom. The molecule has 0 fully saturated rings. The Morgan fingerprint density at radius 2 is 1.76 bits per heavy atom. The van der Waals surface area contributed by atoms with Crippen molar-refractivity contribution in [3.63, 3.8) is 0 Å². The fourth-order valence-corrected chi connectivity index (χ4v) is 2.50. The van der Waals surface area contributed by atoms with Gasteiger partial charge < -0.3 is 10.1 Å². The van der Waals surface area contributed by atoms with Gasteiger partial charge in [0, 0.05) is 11.8 Å². The molecule has 0 aliphatic heterocycles. The van der Waals surface area contributed by atoms with Gasteiger partial charge in [-0.2, -0.15) is 0 Å². The summed E-state index contributed by atoms with van der Waals surface area (Å²) in [5.41, 5.74) is -0.516. The van der Waals surface area contributed by atoms with Crippen LogP contribution in [0.5, 0.6) is 0 Å². The SMILES string of the molecule is CC(C)(C)NC(=O)COC(=O)c1ccccc1S(C)(=O)=O. The largest absolute Gasteiger partial charge is 0.452 e. The molecule has 1 aromatic carbocycles. The van der Waals surface area contributed by atoms with E-state index < -0.39 is 33.9 Å². The van der Waals surface area contributed by atoms with Crippen molar-refractivity contribution in [2.45, 2.75) is 31.2 Å². The Morgan fingerprint density at radius 1 is 1.19 bits per heavy atom. The highest BCUT2D eigenvalue weighted by Gasteiger charge is 2.21. The first-order valence-electron chi connectivity index (χ1n) is 6.28. The summed E-state index contributed by atoms with van der Waals surface area (Å²) < 4.78 is 28.0. The molecule has 116 valence electrons. The highest BCUT2D eigenvalue weighted by Crippen LogP contribution is 2.16. The maximum Gasteiger partial charge on any atom is 0.339 e. The van der Waals surface area contributed by atoms with Crippen LogP contribution in [0.3, 0.4) is 0 Å². The van der Waals surface area contributed by atoms with Gasteiger partial charge in [-0.1, -0.05) is 12.1 Å². The monoisotopic (exact) mass is 313 g/mol. The van der Waals surface area contributed by atoms with Crippen LogP contribution in [0.4, 0.5) is 0 Å². The topological polar surface area (TPSA) is 89.5 Å². The van der Waals surface area contributed by atoms with Crippen molar-refractivity contribution in [3.8, 4) is 0 Å². The van der Waals surface area contributed by atoms with E-state index in [1.807, 2.05) is 0 Å². The summed E-state index contributed by atoms with van der Waals surface area (Å²) in [5.74, 6) is -1.30. The van der Waals surface area contributed by atoms with Crippen molar-refractivity contribution < 1.29 is 22.7 Å². The molecular weight excluding hydrogens is 294 g/mol. The number of hydrogen-bond donors (Lipinski definition) is 1. The second-order valence-corrected chi connectivity index (χ2v) is 7.63. The summed E-state index contributed by atoms with van der Waals surface area (Å²) >= 11 is 0. The van der Waals surface area contributed by atoms with Crippen LogP contribution in [0.25, 0.3) is 0 Å². The standard InChI is InChI=1S/C14H19NO5S/c1-14(2,3)15-12(16)9-20-13(17)10-7-5-6-8-11(10)21(4,18)19/h5-8H,9H2,1-4H3,(H,15,16). The Labute approximate surface area is 124 Å². The van der Waals surface area contributed by atoms with E-state index in [0.717, 1.165) is 6.26 Å². The summed E-state index contributed by atoms with van der Waals surface area (Å²) in [4.78, 5) is 23.4. The summed E-state index contributed by atoms with van der Waals surface area (Å²) in [7, 11) is -3.55. The number of esters is 1. The van der Waals surface area contributed by atoms with Crippen molar-refractivity contribution in [1.82, 2.24) is 5.32 Å². The molecule has 0 radical (unpaired) electrons. The number of amides is 1. The van der Waals surface area contributed by atoms with Gasteiger partial charge in [-0.25, -0.2) is 13.2 Å². The number of hydrogen-bond acceptors (Lipinski definition) is 5. The minimum Gasteiger partial charge on any atom is -0.452 e. The first-order chi connectivity index (χ1) is 9.50. The van der Waals surface area contributed by atoms with Crippen LogP contribution in [0, 0.1) is 0 Å². The highest BCUT2D eigenvalue weighted by molar-refractivity contribution is 7.90. The van der Waals surface area contributed by atoms with Crippen molar-refractivity contribution in [2.75, 3.05) is 12.9 Å². The van der Waals surface area contributed by atoms with Gasteiger partial charge in [0.05, 0.1) is 10.5 Å². The number of sulfone groups is 1. The molecule has 6 nitrogen and oxygen atoms in total. The van der Waals surface area contributed by atoms with E-state index in [-0.39, 0.29) is 10.5 Å². The molecule has 1 N–H and O–H groups in total. The molecule has 0 unspecified atom stereocenters. The van der Waals surface area contributed by atoms with Crippen molar-refractivity contribution >= 4 is 21.7 Å². The lowest BCUT2D eigenvalue weighted by Gasteiger charge is -2.20. The molecule has 1 amide bonds. The molecule has 1 aromatic rings. The van der Waals surface area contributed by atoms with Crippen LogP contribution < -0.4 is 5.32 Å². The zero-order chi connectivity index (χ0) is 16.3. The second-order valence-electron chi connectivity index (χ2n) is 5.64. The van der Waals surface area contributed by atoms with E-state index in [0.29, 0.717) is 0 Å². The fourth-order valence-electron chi connectivity index (χ4n) is 1.62. The van der Waals surface area contributed by atoms with Crippen molar-refractivity contribution in [1.29, 1.82) is 0 Å². The Balaban J connectivity index is 2.81. The van der Waals surface area contributed by atoms with Gasteiger partial charge in [0.15, 0.2) is 16.4 Å². The molecule has 0 atom stereocenters. The number of rotatable bonds is 4. The molecule has 0 spiro atoms. The smallest absolute Gasteiger partial charge is 0.339 e. The molecule has 1 rings (SSSR count). The zero-order valence-corrected chi connectivity index (χ0v) is 13.3. The first kappa shape index (κ1) is 17.2. The van der Waals surface area contributed by atoms with Crippen molar-refractivity contribution in [3.05, 3.63) is 29.8 Å². The Bertz CT molecular complexity index is 644. The Kier molecular flexibility index (Phi) is 5.11. The van der Waals surface area contributed by atoms with Crippen LogP contribution in [0.15, 0.2) is 29.2 Å². The number of carbonyl (C=O) groups excluding carboxylic acids is 2. The number of benzene rings is 1. The molecule has 0 heterocycles. The van der Waals surface area contributed by atoms with E-state index in [2.05, 4.69) is 5.32 Å². The first-order valence-corrected chi connectivity index (χ1v) is 8.17. The molecule has 21 heavy (non-hydrogen) atoms. The van der Waals surface area contributed by atoms with Crippen LogP contribution in [0.1, 0.15) is 31.1 Å². The lowest BCUT2D eigenvalue weighted by atomic mass is 10.1. The minimum atomic E-state index is -3.55. The van der Waals surface area contributed by atoms with E-state index in [1.54, 1.807) is 20.8 Å². The third kappa shape index (κ3) is 5.55. The molecule has 0 saturated heterocycles. The van der Waals surface area contributed by atoms with Gasteiger partial charge in [0.1, 0.15) is 0 Å². The minimum absolute atomic E-state index is 0.0800. The highest BCUT2D eigenvalue weighted by atomic mass is 32.2. The lowest BCUT2D eigenvalue weighted by molar-refractivity contribution is -0.125. The van der Waals surface area contributed by atoms with Gasteiger partial charge in [-0.3, -0.25) is 4.79 Å². The third-order valence-electron chi connectivity index (χ3n) is 2.36. The third-order valence-corrected chi connectivity index (χ3v) is 3.51. The van der Waals surface area contributed by atoms with Crippen molar-refractivity contribution in [2.24, 2.45) is 0 Å². The molecular formula is C14H19NO5S. The molecule has 0 aliphatic carbocycles. The quantitative estimate of drug-likeness (QED) is 0.843. The van der Waals surface area contributed by atoms with E-state index >= 15 is 0 Å². The maximum absolute atomic E-state index is 11.9. The van der Waals surface area contributed by atoms with E-state index in [1.165, 1.54) is 24.3 Å².